The van der Waals surface area contributed by atoms with E-state index in [1.165, 1.54) is 6.08 Å². The molecule has 1 amide bonds. The number of anilines is 1. The highest BCUT2D eigenvalue weighted by atomic mass is 16.1. The van der Waals surface area contributed by atoms with E-state index in [0.717, 1.165) is 48.4 Å². The summed E-state index contributed by atoms with van der Waals surface area (Å²) in [5.41, 5.74) is 2.74. The van der Waals surface area contributed by atoms with Gasteiger partial charge < -0.3 is 10.2 Å². The van der Waals surface area contributed by atoms with Crippen molar-refractivity contribution in [2.75, 3.05) is 18.0 Å². The molecule has 1 atom stereocenters. The molecular formula is C19H23N7O. The Bertz CT molecular complexity index is 974. The van der Waals surface area contributed by atoms with Crippen molar-refractivity contribution in [2.24, 2.45) is 7.05 Å². The molecule has 8 nitrogen and oxygen atoms in total. The number of rotatable bonds is 5. The van der Waals surface area contributed by atoms with Crippen molar-refractivity contribution in [3.8, 4) is 11.3 Å². The maximum absolute atomic E-state index is 11.6. The van der Waals surface area contributed by atoms with Gasteiger partial charge in [-0.3, -0.25) is 9.48 Å². The number of aromatic nitrogens is 5. The van der Waals surface area contributed by atoms with Gasteiger partial charge >= 0.3 is 0 Å². The van der Waals surface area contributed by atoms with Gasteiger partial charge in [-0.2, -0.15) is 10.2 Å². The fourth-order valence-corrected chi connectivity index (χ4v) is 3.60. The van der Waals surface area contributed by atoms with Gasteiger partial charge in [-0.15, -0.1) is 0 Å². The number of amides is 1. The van der Waals surface area contributed by atoms with Crippen LogP contribution in [0.2, 0.25) is 0 Å². The molecule has 1 aliphatic rings. The highest BCUT2D eigenvalue weighted by Gasteiger charge is 2.26. The number of fused-ring (bicyclic) bond motifs is 1. The van der Waals surface area contributed by atoms with Crippen LogP contribution in [0.4, 0.5) is 5.82 Å². The minimum absolute atomic E-state index is 0.146. The summed E-state index contributed by atoms with van der Waals surface area (Å²) in [6, 6.07) is 2.17. The van der Waals surface area contributed by atoms with Crippen LogP contribution in [0.25, 0.3) is 16.8 Å². The standard InChI is InChI=1S/C19H23N7O/c1-3-18(27)20-11-15-6-4-5-9-25(15)19-17-7-8-21-26(17)13-16(23-19)14-10-22-24(2)12-14/h3,7-8,10,12-13,15H,1,4-6,9,11H2,2H3,(H,20,27). The predicted octanol–water partition coefficient (Wildman–Crippen LogP) is 1.79. The van der Waals surface area contributed by atoms with Crippen LogP contribution in [-0.4, -0.2) is 49.4 Å². The fourth-order valence-electron chi connectivity index (χ4n) is 3.60. The second kappa shape index (κ2) is 7.22. The van der Waals surface area contributed by atoms with Gasteiger partial charge in [0.1, 0.15) is 5.52 Å². The Kier molecular flexibility index (Phi) is 4.62. The predicted molar refractivity (Wildman–Crippen MR) is 103 cm³/mol. The van der Waals surface area contributed by atoms with Crippen molar-refractivity contribution in [2.45, 2.75) is 25.3 Å². The molecule has 1 N–H and O–H groups in total. The molecule has 0 bridgehead atoms. The van der Waals surface area contributed by atoms with Crippen molar-refractivity contribution < 1.29 is 4.79 Å². The number of hydrogen-bond donors (Lipinski definition) is 1. The number of hydrogen-bond acceptors (Lipinski definition) is 5. The first-order valence-electron chi connectivity index (χ1n) is 9.16. The molecule has 4 heterocycles. The Labute approximate surface area is 157 Å². The van der Waals surface area contributed by atoms with Crippen molar-refractivity contribution >= 4 is 17.2 Å². The average molecular weight is 365 g/mol. The largest absolute Gasteiger partial charge is 0.351 e. The number of nitrogens with zero attached hydrogens (tertiary/aromatic N) is 6. The zero-order valence-electron chi connectivity index (χ0n) is 15.4. The molecule has 1 fully saturated rings. The average Bonchev–Trinajstić information content (AvgIpc) is 3.34. The number of carbonyl (C=O) groups is 1. The van der Waals surface area contributed by atoms with Crippen LogP contribution in [0.3, 0.4) is 0 Å². The SMILES string of the molecule is C=CC(=O)NCC1CCCCN1c1nc(-c2cnn(C)c2)cn2nccc12. The van der Waals surface area contributed by atoms with Crippen LogP contribution in [0, 0.1) is 0 Å². The molecule has 3 aromatic heterocycles. The van der Waals surface area contributed by atoms with Crippen LogP contribution in [-0.2, 0) is 11.8 Å². The molecule has 8 heteroatoms. The summed E-state index contributed by atoms with van der Waals surface area (Å²) < 4.78 is 3.62. The van der Waals surface area contributed by atoms with E-state index in [1.807, 2.05) is 30.0 Å². The van der Waals surface area contributed by atoms with E-state index in [4.69, 9.17) is 4.98 Å². The molecule has 0 radical (unpaired) electrons. The van der Waals surface area contributed by atoms with Gasteiger partial charge in [0.25, 0.3) is 0 Å². The Morgan fingerprint density at radius 3 is 3.04 bits per heavy atom. The molecule has 140 valence electrons. The molecule has 3 aromatic rings. The van der Waals surface area contributed by atoms with E-state index in [-0.39, 0.29) is 11.9 Å². The third-order valence-corrected chi connectivity index (χ3v) is 4.97. The van der Waals surface area contributed by atoms with Crippen molar-refractivity contribution in [3.63, 3.8) is 0 Å². The van der Waals surface area contributed by atoms with Gasteiger partial charge in [-0.1, -0.05) is 6.58 Å². The molecule has 4 rings (SSSR count). The second-order valence-electron chi connectivity index (χ2n) is 6.81. The second-order valence-corrected chi connectivity index (χ2v) is 6.81. The number of nitrogens with one attached hydrogen (secondary N) is 1. The first kappa shape index (κ1) is 17.3. The Morgan fingerprint density at radius 1 is 1.37 bits per heavy atom. The summed E-state index contributed by atoms with van der Waals surface area (Å²) in [7, 11) is 1.89. The minimum atomic E-state index is -0.146. The highest BCUT2D eigenvalue weighted by Crippen LogP contribution is 2.29. The first-order chi connectivity index (χ1) is 13.2. The lowest BCUT2D eigenvalue weighted by atomic mass is 10.0. The smallest absolute Gasteiger partial charge is 0.243 e. The summed E-state index contributed by atoms with van der Waals surface area (Å²) in [6.45, 7) is 5.00. The summed E-state index contributed by atoms with van der Waals surface area (Å²) in [5.74, 6) is 0.749. The van der Waals surface area contributed by atoms with Crippen LogP contribution in [0.15, 0.2) is 43.5 Å². The first-order valence-corrected chi connectivity index (χ1v) is 9.16. The normalized spacial score (nSPS) is 17.2. The molecule has 1 saturated heterocycles. The lowest BCUT2D eigenvalue weighted by Crippen LogP contribution is -2.47. The molecular weight excluding hydrogens is 342 g/mol. The van der Waals surface area contributed by atoms with Crippen LogP contribution in [0.1, 0.15) is 19.3 Å². The molecule has 0 aromatic carbocycles. The zero-order chi connectivity index (χ0) is 18.8. The lowest BCUT2D eigenvalue weighted by molar-refractivity contribution is -0.116. The van der Waals surface area contributed by atoms with Gasteiger partial charge in [-0.05, 0) is 31.4 Å². The van der Waals surface area contributed by atoms with Gasteiger partial charge in [-0.25, -0.2) is 9.50 Å². The maximum atomic E-state index is 11.6. The molecule has 0 aliphatic carbocycles. The highest BCUT2D eigenvalue weighted by molar-refractivity contribution is 5.86. The number of piperidine rings is 1. The molecule has 0 saturated carbocycles. The molecule has 27 heavy (non-hydrogen) atoms. The summed E-state index contributed by atoms with van der Waals surface area (Å²) in [4.78, 5) is 18.9. The van der Waals surface area contributed by atoms with Crippen molar-refractivity contribution in [1.29, 1.82) is 0 Å². The van der Waals surface area contributed by atoms with Gasteiger partial charge in [0.2, 0.25) is 5.91 Å². The quantitative estimate of drug-likeness (QED) is 0.697. The minimum Gasteiger partial charge on any atom is -0.351 e. The third-order valence-electron chi connectivity index (χ3n) is 4.97. The van der Waals surface area contributed by atoms with E-state index in [9.17, 15) is 4.79 Å². The summed E-state index contributed by atoms with van der Waals surface area (Å²) in [6.07, 6.45) is 12.0. The van der Waals surface area contributed by atoms with Crippen LogP contribution < -0.4 is 10.2 Å². The molecule has 1 aliphatic heterocycles. The van der Waals surface area contributed by atoms with E-state index in [0.29, 0.717) is 6.54 Å². The van der Waals surface area contributed by atoms with Gasteiger partial charge in [0.15, 0.2) is 5.82 Å². The van der Waals surface area contributed by atoms with E-state index in [1.54, 1.807) is 17.1 Å². The summed E-state index contributed by atoms with van der Waals surface area (Å²) in [5, 5.41) is 11.6. The molecule has 0 spiro atoms. The Morgan fingerprint density at radius 2 is 2.26 bits per heavy atom. The van der Waals surface area contributed by atoms with E-state index >= 15 is 0 Å². The van der Waals surface area contributed by atoms with E-state index in [2.05, 4.69) is 27.0 Å². The fraction of sp³-hybridized carbons (Fsp3) is 0.368. The Balaban J connectivity index is 1.72. The maximum Gasteiger partial charge on any atom is 0.243 e. The zero-order valence-corrected chi connectivity index (χ0v) is 15.4. The van der Waals surface area contributed by atoms with Crippen LogP contribution in [0.5, 0.6) is 0 Å². The topological polar surface area (TPSA) is 80.4 Å². The van der Waals surface area contributed by atoms with Gasteiger partial charge in [0, 0.05) is 37.9 Å². The summed E-state index contributed by atoms with van der Waals surface area (Å²) >= 11 is 0. The third kappa shape index (κ3) is 3.42. The lowest BCUT2D eigenvalue weighted by Gasteiger charge is -2.37. The number of carbonyl (C=O) groups excluding carboxylic acids is 1. The van der Waals surface area contributed by atoms with Gasteiger partial charge in [0.05, 0.1) is 24.3 Å². The van der Waals surface area contributed by atoms with Crippen LogP contribution >= 0.6 is 0 Å². The number of aryl methyl sites for hydroxylation is 1. The van der Waals surface area contributed by atoms with E-state index < -0.39 is 0 Å². The molecule has 1 unspecified atom stereocenters. The van der Waals surface area contributed by atoms with Crippen molar-refractivity contribution in [1.82, 2.24) is 29.7 Å². The monoisotopic (exact) mass is 365 g/mol. The Hall–Kier alpha value is -3.16. The van der Waals surface area contributed by atoms with Crippen molar-refractivity contribution in [3.05, 3.63) is 43.5 Å².